The second-order valence-corrected chi connectivity index (χ2v) is 9.46. The molecule has 4 aromatic rings. The van der Waals surface area contributed by atoms with E-state index in [1.165, 1.54) is 41.7 Å². The molecule has 4 rings (SSSR count). The van der Waals surface area contributed by atoms with Crippen molar-refractivity contribution in [1.29, 1.82) is 0 Å². The topological polar surface area (TPSA) is 129 Å². The number of carbonyl (C=O) groups is 2. The van der Waals surface area contributed by atoms with Gasteiger partial charge in [0.25, 0.3) is 0 Å². The fourth-order valence-electron chi connectivity index (χ4n) is 3.21. The number of rotatable bonds is 5. The summed E-state index contributed by atoms with van der Waals surface area (Å²) in [5.74, 6) is -1.54. The second-order valence-electron chi connectivity index (χ2n) is 6.77. The van der Waals surface area contributed by atoms with Gasteiger partial charge in [-0.2, -0.15) is 0 Å². The van der Waals surface area contributed by atoms with Crippen molar-refractivity contribution >= 4 is 50.1 Å². The molecule has 0 bridgehead atoms. The Hall–Kier alpha value is -3.70. The number of benzene rings is 2. The Kier molecular flexibility index (Phi) is 5.45. The highest BCUT2D eigenvalue weighted by Gasteiger charge is 2.27. The van der Waals surface area contributed by atoms with Gasteiger partial charge in [0.15, 0.2) is 0 Å². The average Bonchev–Trinajstić information content (AvgIpc) is 3.33. The van der Waals surface area contributed by atoms with E-state index < -0.39 is 27.9 Å². The highest BCUT2D eigenvalue weighted by molar-refractivity contribution is 7.92. The number of nitrogens with two attached hydrogens (primary N) is 1. The number of carbonyl (C=O) groups excluding carboxylic acids is 2. The van der Waals surface area contributed by atoms with E-state index in [1.54, 1.807) is 18.2 Å². The number of fused-ring (bicyclic) bond motifs is 1. The smallest absolute Gasteiger partial charge is 0.412 e. The van der Waals surface area contributed by atoms with Crippen LogP contribution in [0, 0.1) is 5.82 Å². The Labute approximate surface area is 185 Å². The van der Waals surface area contributed by atoms with Crippen LogP contribution in [0.5, 0.6) is 0 Å². The number of thiophene rings is 1. The summed E-state index contributed by atoms with van der Waals surface area (Å²) in [4.78, 5) is 24.7. The first-order valence-corrected chi connectivity index (χ1v) is 11.8. The van der Waals surface area contributed by atoms with Gasteiger partial charge in [-0.25, -0.2) is 22.4 Å². The highest BCUT2D eigenvalue weighted by atomic mass is 32.2. The Morgan fingerprint density at radius 1 is 1.16 bits per heavy atom. The van der Waals surface area contributed by atoms with E-state index in [4.69, 9.17) is 10.2 Å². The van der Waals surface area contributed by atoms with Gasteiger partial charge in [-0.15, -0.1) is 11.3 Å². The lowest BCUT2D eigenvalue weighted by atomic mass is 10.0. The summed E-state index contributed by atoms with van der Waals surface area (Å²) in [7, 11) is -3.63. The molecular weight excluding hydrogens is 459 g/mol. The van der Waals surface area contributed by atoms with Gasteiger partial charge in [0.05, 0.1) is 11.9 Å². The molecule has 0 radical (unpaired) electrons. The fourth-order valence-corrected chi connectivity index (χ4v) is 4.54. The van der Waals surface area contributed by atoms with Crippen molar-refractivity contribution in [3.8, 4) is 21.8 Å². The van der Waals surface area contributed by atoms with E-state index in [1.807, 2.05) is 5.38 Å². The molecule has 32 heavy (non-hydrogen) atoms. The fraction of sp³-hybridized carbons (Fsp3) is 0.0476. The molecule has 11 heteroatoms. The Balaban J connectivity index is 2.03. The third-order valence-electron chi connectivity index (χ3n) is 4.41. The van der Waals surface area contributed by atoms with Crippen molar-refractivity contribution in [2.24, 2.45) is 5.73 Å². The third-order valence-corrected chi connectivity index (χ3v) is 5.91. The number of ether oxygens (including phenoxy) is 1. The van der Waals surface area contributed by atoms with Gasteiger partial charge in [-0.05, 0) is 41.8 Å². The van der Waals surface area contributed by atoms with Crippen molar-refractivity contribution in [2.75, 3.05) is 11.0 Å². The number of sulfonamides is 1. The number of primary amides is 1. The number of anilines is 1. The van der Waals surface area contributed by atoms with E-state index in [9.17, 15) is 22.4 Å². The van der Waals surface area contributed by atoms with Crippen LogP contribution in [-0.2, 0) is 14.8 Å². The standard InChI is InChI=1S/C21H15FN2O6S2/c1-32(27,28)24-15-10-16-14(9-13(15)17-3-2-8-31-17)18(20(25)30-21(23)26)19(29-16)11-4-6-12(22)7-5-11/h2-10,24H,1H3,(H2,23,26). The van der Waals surface area contributed by atoms with E-state index in [0.717, 1.165) is 11.1 Å². The monoisotopic (exact) mass is 474 g/mol. The molecule has 164 valence electrons. The first-order valence-electron chi connectivity index (χ1n) is 9.02. The van der Waals surface area contributed by atoms with E-state index in [2.05, 4.69) is 9.46 Å². The van der Waals surface area contributed by atoms with Crippen LogP contribution < -0.4 is 10.5 Å². The minimum absolute atomic E-state index is 0.0138. The van der Waals surface area contributed by atoms with E-state index in [0.29, 0.717) is 11.1 Å². The zero-order valence-electron chi connectivity index (χ0n) is 16.4. The summed E-state index contributed by atoms with van der Waals surface area (Å²) in [6.07, 6.45) is -0.292. The summed E-state index contributed by atoms with van der Waals surface area (Å²) in [5, 5.41) is 2.07. The number of hydrogen-bond acceptors (Lipinski definition) is 7. The number of halogens is 1. The molecule has 0 saturated carbocycles. The SMILES string of the molecule is CS(=O)(=O)Nc1cc2oc(-c3ccc(F)cc3)c(C(=O)OC(N)=O)c2cc1-c1cccs1. The molecular formula is C21H15FN2O6S2. The van der Waals surface area contributed by atoms with Crippen LogP contribution in [0.15, 0.2) is 58.3 Å². The zero-order valence-corrected chi connectivity index (χ0v) is 18.1. The van der Waals surface area contributed by atoms with E-state index >= 15 is 0 Å². The predicted molar refractivity (Wildman–Crippen MR) is 118 cm³/mol. The molecule has 1 amide bonds. The van der Waals surface area contributed by atoms with E-state index in [-0.39, 0.29) is 28.0 Å². The molecule has 3 N–H and O–H groups in total. The van der Waals surface area contributed by atoms with Gasteiger partial charge >= 0.3 is 12.1 Å². The summed E-state index contributed by atoms with van der Waals surface area (Å²) in [6.45, 7) is 0. The number of hydrogen-bond donors (Lipinski definition) is 2. The van der Waals surface area contributed by atoms with Crippen LogP contribution in [0.25, 0.3) is 32.7 Å². The second kappa shape index (κ2) is 8.09. The van der Waals surface area contributed by atoms with Gasteiger partial charge in [-0.1, -0.05) is 6.07 Å². The summed E-state index contributed by atoms with van der Waals surface area (Å²) in [5.41, 5.74) is 6.12. The largest absolute Gasteiger partial charge is 0.455 e. The molecule has 0 unspecified atom stereocenters. The van der Waals surface area contributed by atoms with Crippen LogP contribution in [0.3, 0.4) is 0 Å². The molecule has 0 spiro atoms. The molecule has 0 aliphatic carbocycles. The lowest BCUT2D eigenvalue weighted by Gasteiger charge is -2.10. The van der Waals surface area contributed by atoms with Gasteiger partial charge in [0.2, 0.25) is 10.0 Å². The molecule has 0 saturated heterocycles. The molecule has 2 aromatic heterocycles. The number of esters is 1. The molecule has 0 aliphatic heterocycles. The summed E-state index contributed by atoms with van der Waals surface area (Å²) < 4.78 is 50.1. The summed E-state index contributed by atoms with van der Waals surface area (Å²) in [6, 6.07) is 11.7. The first-order chi connectivity index (χ1) is 15.1. The molecule has 8 nitrogen and oxygen atoms in total. The van der Waals surface area contributed by atoms with Gasteiger partial charge in [-0.3, -0.25) is 4.72 Å². The minimum atomic E-state index is -3.63. The third kappa shape index (κ3) is 4.34. The van der Waals surface area contributed by atoms with Crippen LogP contribution in [0.4, 0.5) is 14.9 Å². The zero-order chi connectivity index (χ0) is 23.0. The Morgan fingerprint density at radius 3 is 2.47 bits per heavy atom. The van der Waals surface area contributed by atoms with Crippen molar-refractivity contribution in [1.82, 2.24) is 0 Å². The van der Waals surface area contributed by atoms with Crippen molar-refractivity contribution < 1.29 is 31.6 Å². The molecule has 2 aromatic carbocycles. The quantitative estimate of drug-likeness (QED) is 0.322. The Morgan fingerprint density at radius 2 is 1.88 bits per heavy atom. The molecule has 2 heterocycles. The van der Waals surface area contributed by atoms with Crippen molar-refractivity contribution in [3.63, 3.8) is 0 Å². The van der Waals surface area contributed by atoms with Crippen LogP contribution in [0.1, 0.15) is 10.4 Å². The van der Waals surface area contributed by atoms with Crippen LogP contribution >= 0.6 is 11.3 Å². The maximum atomic E-state index is 13.4. The maximum Gasteiger partial charge on any atom is 0.412 e. The normalized spacial score (nSPS) is 11.4. The number of amides is 1. The van der Waals surface area contributed by atoms with Crippen LogP contribution in [-0.4, -0.2) is 26.7 Å². The lowest BCUT2D eigenvalue weighted by Crippen LogP contribution is -2.18. The predicted octanol–water partition coefficient (Wildman–Crippen LogP) is 4.57. The first kappa shape index (κ1) is 21.5. The molecule has 0 atom stereocenters. The molecule has 0 fully saturated rings. The van der Waals surface area contributed by atoms with Gasteiger partial charge in [0.1, 0.15) is 22.7 Å². The van der Waals surface area contributed by atoms with Gasteiger partial charge < -0.3 is 14.9 Å². The highest BCUT2D eigenvalue weighted by Crippen LogP contribution is 2.41. The minimum Gasteiger partial charge on any atom is -0.455 e. The average molecular weight is 474 g/mol. The number of furan rings is 1. The van der Waals surface area contributed by atoms with Crippen LogP contribution in [0.2, 0.25) is 0 Å². The van der Waals surface area contributed by atoms with Crippen molar-refractivity contribution in [3.05, 3.63) is 65.3 Å². The van der Waals surface area contributed by atoms with Crippen molar-refractivity contribution in [2.45, 2.75) is 0 Å². The van der Waals surface area contributed by atoms with Gasteiger partial charge in [0, 0.05) is 27.5 Å². The maximum absolute atomic E-state index is 13.4. The Bertz CT molecular complexity index is 1440. The summed E-state index contributed by atoms with van der Waals surface area (Å²) >= 11 is 1.36. The number of nitrogens with one attached hydrogen (secondary N) is 1. The molecule has 0 aliphatic rings. The lowest BCUT2D eigenvalue weighted by molar-refractivity contribution is 0.0640.